The fraction of sp³-hybridized carbons (Fsp3) is 0.571. The normalized spacial score (nSPS) is 23.6. The van der Waals surface area contributed by atoms with E-state index in [1.54, 1.807) is 4.90 Å². The van der Waals surface area contributed by atoms with Crippen LogP contribution in [0.1, 0.15) is 43.5 Å². The van der Waals surface area contributed by atoms with Crippen LogP contribution in [-0.2, 0) is 9.59 Å². The van der Waals surface area contributed by atoms with E-state index in [1.807, 2.05) is 17.5 Å². The van der Waals surface area contributed by atoms with Gasteiger partial charge in [0.2, 0.25) is 5.91 Å². The van der Waals surface area contributed by atoms with E-state index in [-0.39, 0.29) is 11.9 Å². The Morgan fingerprint density at radius 3 is 2.95 bits per heavy atom. The Balaban J connectivity index is 2.29. The molecule has 0 aliphatic carbocycles. The number of piperidine rings is 1. The molecule has 1 aliphatic rings. The summed E-state index contributed by atoms with van der Waals surface area (Å²) in [5.74, 6) is -1.19. The smallest absolute Gasteiger partial charge is 0.308 e. The van der Waals surface area contributed by atoms with Crippen molar-refractivity contribution in [3.63, 3.8) is 0 Å². The average Bonchev–Trinajstić information content (AvgIpc) is 2.90. The van der Waals surface area contributed by atoms with Crippen LogP contribution in [0.5, 0.6) is 0 Å². The maximum absolute atomic E-state index is 12.1. The lowest BCUT2D eigenvalue weighted by molar-refractivity contribution is -0.152. The first-order valence-electron chi connectivity index (χ1n) is 6.70. The van der Waals surface area contributed by atoms with Gasteiger partial charge in [-0.2, -0.15) is 0 Å². The van der Waals surface area contributed by atoms with Crippen LogP contribution in [0.2, 0.25) is 0 Å². The summed E-state index contributed by atoms with van der Waals surface area (Å²) in [5, 5.41) is 11.3. The maximum Gasteiger partial charge on any atom is 0.308 e. The minimum absolute atomic E-state index is 0.0874. The zero-order chi connectivity index (χ0) is 13.8. The van der Waals surface area contributed by atoms with Crippen LogP contribution in [0.4, 0.5) is 0 Å². The van der Waals surface area contributed by atoms with Crippen molar-refractivity contribution in [2.24, 2.45) is 5.92 Å². The number of thiophene rings is 1. The number of rotatable bonds is 5. The zero-order valence-electron chi connectivity index (χ0n) is 11.0. The van der Waals surface area contributed by atoms with E-state index in [0.29, 0.717) is 19.4 Å². The van der Waals surface area contributed by atoms with E-state index < -0.39 is 11.9 Å². The molecule has 1 aromatic heterocycles. The Morgan fingerprint density at radius 1 is 1.58 bits per heavy atom. The lowest BCUT2D eigenvalue weighted by atomic mass is 9.87. The molecule has 1 amide bonds. The van der Waals surface area contributed by atoms with E-state index in [2.05, 4.69) is 6.92 Å². The molecule has 0 unspecified atom stereocenters. The van der Waals surface area contributed by atoms with Gasteiger partial charge in [0.1, 0.15) is 0 Å². The van der Waals surface area contributed by atoms with Crippen LogP contribution < -0.4 is 0 Å². The molecule has 104 valence electrons. The van der Waals surface area contributed by atoms with Crippen molar-refractivity contribution < 1.29 is 14.7 Å². The summed E-state index contributed by atoms with van der Waals surface area (Å²) >= 11 is 1.53. The highest BCUT2D eigenvalue weighted by atomic mass is 32.1. The zero-order valence-corrected chi connectivity index (χ0v) is 11.9. The largest absolute Gasteiger partial charge is 0.481 e. The molecular formula is C14H19NO3S. The molecule has 1 N–H and O–H groups in total. The van der Waals surface area contributed by atoms with E-state index in [9.17, 15) is 14.7 Å². The summed E-state index contributed by atoms with van der Waals surface area (Å²) in [6.45, 7) is 2.73. The van der Waals surface area contributed by atoms with Crippen LogP contribution in [0, 0.1) is 5.92 Å². The van der Waals surface area contributed by atoms with Gasteiger partial charge in [-0.1, -0.05) is 19.4 Å². The first-order valence-corrected chi connectivity index (χ1v) is 7.58. The molecule has 0 aromatic carbocycles. The molecule has 0 spiro atoms. The Labute approximate surface area is 117 Å². The first kappa shape index (κ1) is 14.1. The van der Waals surface area contributed by atoms with Crippen LogP contribution in [0.25, 0.3) is 0 Å². The lowest BCUT2D eigenvalue weighted by Crippen LogP contribution is -2.45. The molecule has 0 saturated carbocycles. The number of unbranched alkanes of at least 4 members (excludes halogenated alkanes) is 1. The highest BCUT2D eigenvalue weighted by Crippen LogP contribution is 2.38. The second kappa shape index (κ2) is 6.19. The fourth-order valence-corrected chi connectivity index (χ4v) is 3.52. The number of aliphatic carboxylic acids is 1. The third-order valence-corrected chi connectivity index (χ3v) is 4.55. The number of hydrogen-bond acceptors (Lipinski definition) is 3. The summed E-state index contributed by atoms with van der Waals surface area (Å²) < 4.78 is 0. The number of amides is 1. The number of carbonyl (C=O) groups excluding carboxylic acids is 1. The number of nitrogens with zero attached hydrogens (tertiary/aromatic N) is 1. The second-order valence-electron chi connectivity index (χ2n) is 4.88. The van der Waals surface area contributed by atoms with Gasteiger partial charge in [-0.25, -0.2) is 0 Å². The molecule has 19 heavy (non-hydrogen) atoms. The van der Waals surface area contributed by atoms with Gasteiger partial charge < -0.3 is 10.0 Å². The molecule has 0 bridgehead atoms. The van der Waals surface area contributed by atoms with Gasteiger partial charge >= 0.3 is 5.97 Å². The number of hydrogen-bond donors (Lipinski definition) is 1. The molecule has 2 rings (SSSR count). The molecule has 4 nitrogen and oxygen atoms in total. The monoisotopic (exact) mass is 281 g/mol. The van der Waals surface area contributed by atoms with E-state index in [1.165, 1.54) is 11.3 Å². The molecule has 1 aromatic rings. The number of carboxylic acid groups (broad SMARTS) is 1. The third-order valence-electron chi connectivity index (χ3n) is 3.61. The van der Waals surface area contributed by atoms with E-state index >= 15 is 0 Å². The number of likely N-dealkylation sites (tertiary alicyclic amines) is 1. The summed E-state index contributed by atoms with van der Waals surface area (Å²) in [6.07, 6.45) is 2.71. The quantitative estimate of drug-likeness (QED) is 0.902. The Bertz CT molecular complexity index is 444. The highest BCUT2D eigenvalue weighted by molar-refractivity contribution is 7.10. The van der Waals surface area contributed by atoms with Gasteiger partial charge in [0.05, 0.1) is 12.0 Å². The minimum Gasteiger partial charge on any atom is -0.481 e. The average molecular weight is 281 g/mol. The van der Waals surface area contributed by atoms with Gasteiger partial charge in [-0.15, -0.1) is 11.3 Å². The SMILES string of the molecule is CCCCN1C(=O)CC[C@@H](C(=O)O)[C@@H]1c1cccs1. The molecule has 1 aliphatic heterocycles. The first-order chi connectivity index (χ1) is 9.15. The van der Waals surface area contributed by atoms with Crippen molar-refractivity contribution in [1.82, 2.24) is 4.90 Å². The minimum atomic E-state index is -0.799. The van der Waals surface area contributed by atoms with E-state index in [4.69, 9.17) is 0 Å². The Morgan fingerprint density at radius 2 is 2.37 bits per heavy atom. The van der Waals surface area contributed by atoms with Gasteiger partial charge in [0, 0.05) is 17.8 Å². The number of carboxylic acids is 1. The summed E-state index contributed by atoms with van der Waals surface area (Å²) in [6, 6.07) is 3.56. The predicted molar refractivity (Wildman–Crippen MR) is 74.0 cm³/mol. The van der Waals surface area contributed by atoms with Crippen LogP contribution in [-0.4, -0.2) is 28.4 Å². The maximum atomic E-state index is 12.1. The molecule has 0 radical (unpaired) electrons. The Kier molecular flexibility index (Phi) is 4.58. The topological polar surface area (TPSA) is 57.6 Å². The lowest BCUT2D eigenvalue weighted by Gasteiger charge is -2.39. The molecule has 2 atom stereocenters. The van der Waals surface area contributed by atoms with Crippen LogP contribution >= 0.6 is 11.3 Å². The predicted octanol–water partition coefficient (Wildman–Crippen LogP) is 2.91. The van der Waals surface area contributed by atoms with Crippen molar-refractivity contribution in [2.45, 2.75) is 38.6 Å². The van der Waals surface area contributed by atoms with Crippen molar-refractivity contribution in [2.75, 3.05) is 6.54 Å². The molecular weight excluding hydrogens is 262 g/mol. The molecule has 5 heteroatoms. The summed E-state index contributed by atoms with van der Waals surface area (Å²) in [7, 11) is 0. The number of carbonyl (C=O) groups is 2. The van der Waals surface area contributed by atoms with Crippen molar-refractivity contribution in [3.05, 3.63) is 22.4 Å². The summed E-state index contributed by atoms with van der Waals surface area (Å²) in [4.78, 5) is 26.3. The van der Waals surface area contributed by atoms with Crippen molar-refractivity contribution >= 4 is 23.2 Å². The molecule has 1 saturated heterocycles. The van der Waals surface area contributed by atoms with E-state index in [0.717, 1.165) is 17.7 Å². The standard InChI is InChI=1S/C14H19NO3S/c1-2-3-8-15-12(16)7-6-10(14(17)18)13(15)11-5-4-9-19-11/h4-5,9-10,13H,2-3,6-8H2,1H3,(H,17,18)/t10-,13-/m1/s1. The van der Waals surface area contributed by atoms with Gasteiger partial charge in [-0.3, -0.25) is 9.59 Å². The van der Waals surface area contributed by atoms with Crippen LogP contribution in [0.15, 0.2) is 17.5 Å². The van der Waals surface area contributed by atoms with Gasteiger partial charge in [0.15, 0.2) is 0 Å². The third kappa shape index (κ3) is 2.97. The van der Waals surface area contributed by atoms with Crippen LogP contribution in [0.3, 0.4) is 0 Å². The van der Waals surface area contributed by atoms with Gasteiger partial charge in [0.25, 0.3) is 0 Å². The van der Waals surface area contributed by atoms with Crippen molar-refractivity contribution in [3.8, 4) is 0 Å². The highest BCUT2D eigenvalue weighted by Gasteiger charge is 2.40. The molecule has 2 heterocycles. The Hall–Kier alpha value is -1.36. The van der Waals surface area contributed by atoms with Gasteiger partial charge in [-0.05, 0) is 24.3 Å². The fourth-order valence-electron chi connectivity index (χ4n) is 2.62. The van der Waals surface area contributed by atoms with Crippen molar-refractivity contribution in [1.29, 1.82) is 0 Å². The molecule has 1 fully saturated rings. The summed E-state index contributed by atoms with van der Waals surface area (Å²) in [5.41, 5.74) is 0. The second-order valence-corrected chi connectivity index (χ2v) is 5.86.